The molecule has 3 rings (SSSR count). The van der Waals surface area contributed by atoms with Gasteiger partial charge in [0.2, 0.25) is 0 Å². The van der Waals surface area contributed by atoms with E-state index in [1.54, 1.807) is 24.3 Å². The van der Waals surface area contributed by atoms with Crippen molar-refractivity contribution in [3.63, 3.8) is 0 Å². The summed E-state index contributed by atoms with van der Waals surface area (Å²) in [6.07, 6.45) is 12.9. The highest BCUT2D eigenvalue weighted by atomic mass is 19.4. The van der Waals surface area contributed by atoms with Crippen LogP contribution in [-0.2, 0) is 27.2 Å². The number of esters is 2. The van der Waals surface area contributed by atoms with E-state index in [0.717, 1.165) is 48.1 Å². The highest BCUT2D eigenvalue weighted by molar-refractivity contribution is 5.88. The van der Waals surface area contributed by atoms with Gasteiger partial charge in [-0.25, -0.2) is 4.79 Å². The van der Waals surface area contributed by atoms with Crippen LogP contribution >= 0.6 is 0 Å². The highest BCUT2D eigenvalue weighted by Crippen LogP contribution is 2.32. The second-order valence-corrected chi connectivity index (χ2v) is 13.0. The second kappa shape index (κ2) is 21.6. The Morgan fingerprint density at radius 1 is 0.812 bits per heavy atom. The van der Waals surface area contributed by atoms with E-state index in [1.165, 1.54) is 57.4 Å². The van der Waals surface area contributed by atoms with Crippen LogP contribution in [0.5, 0.6) is 11.5 Å². The Labute approximate surface area is 285 Å². The lowest BCUT2D eigenvalue weighted by Crippen LogP contribution is -2.37. The molecular weight excluding hydrogens is 617 g/mol. The first-order valence-electron chi connectivity index (χ1n) is 18.2. The van der Waals surface area contributed by atoms with Gasteiger partial charge in [-0.05, 0) is 85.6 Å². The quantitative estimate of drug-likeness (QED) is 0.0539. The van der Waals surface area contributed by atoms with Crippen molar-refractivity contribution in [1.29, 1.82) is 0 Å². The summed E-state index contributed by atoms with van der Waals surface area (Å²) in [5, 5.41) is 0. The number of alkyl halides is 3. The Balaban J connectivity index is 1.40. The first kappa shape index (κ1) is 39.2. The number of fused-ring (bicyclic) bond motifs is 1. The molecule has 1 aliphatic rings. The van der Waals surface area contributed by atoms with Gasteiger partial charge in [-0.2, -0.15) is 13.2 Å². The summed E-state index contributed by atoms with van der Waals surface area (Å²) in [7, 11) is 0. The molecule has 0 saturated heterocycles. The largest absolute Gasteiger partial charge is 0.494 e. The van der Waals surface area contributed by atoms with Gasteiger partial charge in [0.05, 0.1) is 12.5 Å². The SMILES string of the molecule is CCCCCCCCCCCCOc1cccc(C=CC(=O)Oc2ccc3c(c2)CCC(C(=O)O[C@H](CCCCCC)C(F)(F)F)C3)c1. The fraction of sp³-hybridized carbons (Fsp3) is 0.600. The van der Waals surface area contributed by atoms with Crippen molar-refractivity contribution >= 4 is 18.0 Å². The van der Waals surface area contributed by atoms with Gasteiger partial charge in [-0.15, -0.1) is 0 Å². The van der Waals surface area contributed by atoms with E-state index in [4.69, 9.17) is 14.2 Å². The predicted molar refractivity (Wildman–Crippen MR) is 185 cm³/mol. The molecule has 0 saturated carbocycles. The molecule has 1 aliphatic carbocycles. The normalized spacial score (nSPS) is 15.2. The molecule has 0 fully saturated rings. The third-order valence-corrected chi connectivity index (χ3v) is 8.94. The van der Waals surface area contributed by atoms with E-state index in [9.17, 15) is 22.8 Å². The van der Waals surface area contributed by atoms with Crippen molar-refractivity contribution in [3.8, 4) is 11.5 Å². The number of rotatable bonds is 22. The molecule has 8 heteroatoms. The van der Waals surface area contributed by atoms with E-state index < -0.39 is 30.1 Å². The lowest BCUT2D eigenvalue weighted by Gasteiger charge is -2.27. The van der Waals surface area contributed by atoms with Crippen LogP contribution in [0.1, 0.15) is 133 Å². The van der Waals surface area contributed by atoms with Crippen LogP contribution < -0.4 is 9.47 Å². The van der Waals surface area contributed by atoms with Gasteiger partial charge >= 0.3 is 18.1 Å². The zero-order valence-electron chi connectivity index (χ0n) is 29.0. The van der Waals surface area contributed by atoms with Crippen LogP contribution in [0.2, 0.25) is 0 Å². The Kier molecular flexibility index (Phi) is 17.6. The fourth-order valence-corrected chi connectivity index (χ4v) is 6.08. The minimum absolute atomic E-state index is 0.208. The summed E-state index contributed by atoms with van der Waals surface area (Å²) in [6, 6.07) is 12.8. The number of carbonyl (C=O) groups excluding carboxylic acids is 2. The van der Waals surface area contributed by atoms with Crippen LogP contribution in [0.4, 0.5) is 13.2 Å². The molecule has 0 radical (unpaired) electrons. The predicted octanol–water partition coefficient (Wildman–Crippen LogP) is 11.2. The highest BCUT2D eigenvalue weighted by Gasteiger charge is 2.43. The van der Waals surface area contributed by atoms with E-state index in [2.05, 4.69) is 6.92 Å². The van der Waals surface area contributed by atoms with Gasteiger partial charge in [-0.1, -0.05) is 109 Å². The van der Waals surface area contributed by atoms with E-state index in [-0.39, 0.29) is 6.42 Å². The number of hydrogen-bond donors (Lipinski definition) is 0. The molecule has 2 aromatic carbocycles. The standard InChI is InChI=1S/C40H55F3O5/c1-3-5-7-9-10-11-12-13-14-16-27-46-35-19-17-18-31(28-35)21-26-38(44)47-36-25-24-32-29-34(23-22-33(32)30-36)39(45)48-37(40(41,42)43)20-15-8-6-4-2/h17-19,21,24-26,28,30,34,37H,3-16,20,22-23,27,29H2,1-2H3/t34?,37-/m1/s1. The number of aryl methyl sites for hydroxylation is 1. The smallest absolute Gasteiger partial charge is 0.425 e. The van der Waals surface area contributed by atoms with Gasteiger partial charge < -0.3 is 14.2 Å². The third kappa shape index (κ3) is 14.9. The van der Waals surface area contributed by atoms with E-state index in [0.29, 0.717) is 44.5 Å². The minimum atomic E-state index is -4.58. The number of halogens is 3. The van der Waals surface area contributed by atoms with Crippen LogP contribution in [0.15, 0.2) is 48.5 Å². The lowest BCUT2D eigenvalue weighted by molar-refractivity contribution is -0.225. The topological polar surface area (TPSA) is 61.8 Å². The molecule has 0 spiro atoms. The summed E-state index contributed by atoms with van der Waals surface area (Å²) in [4.78, 5) is 25.3. The zero-order chi connectivity index (χ0) is 34.6. The van der Waals surface area contributed by atoms with Gasteiger partial charge in [0.1, 0.15) is 11.5 Å². The molecule has 1 unspecified atom stereocenters. The van der Waals surface area contributed by atoms with Crippen molar-refractivity contribution in [2.75, 3.05) is 6.61 Å². The molecule has 0 heterocycles. The maximum atomic E-state index is 13.5. The molecule has 0 amide bonds. The molecule has 2 atom stereocenters. The van der Waals surface area contributed by atoms with Crippen molar-refractivity contribution < 1.29 is 37.0 Å². The van der Waals surface area contributed by atoms with E-state index in [1.807, 2.05) is 31.2 Å². The van der Waals surface area contributed by atoms with Gasteiger partial charge in [0.25, 0.3) is 0 Å². The molecular formula is C40H55F3O5. The average Bonchev–Trinajstić information content (AvgIpc) is 3.07. The maximum Gasteiger partial charge on any atom is 0.425 e. The molecule has 0 aliphatic heterocycles. The number of hydrogen-bond acceptors (Lipinski definition) is 5. The minimum Gasteiger partial charge on any atom is -0.494 e. The van der Waals surface area contributed by atoms with Crippen LogP contribution in [0, 0.1) is 5.92 Å². The second-order valence-electron chi connectivity index (χ2n) is 13.0. The molecule has 0 bridgehead atoms. The molecule has 5 nitrogen and oxygen atoms in total. The number of ether oxygens (including phenoxy) is 3. The monoisotopic (exact) mass is 672 g/mol. The zero-order valence-corrected chi connectivity index (χ0v) is 29.0. The van der Waals surface area contributed by atoms with Crippen LogP contribution in [0.3, 0.4) is 0 Å². The van der Waals surface area contributed by atoms with Crippen molar-refractivity contribution in [1.82, 2.24) is 0 Å². The average molecular weight is 673 g/mol. The van der Waals surface area contributed by atoms with Gasteiger partial charge in [-0.3, -0.25) is 4.79 Å². The maximum absolute atomic E-state index is 13.5. The molecule has 0 N–H and O–H groups in total. The summed E-state index contributed by atoms with van der Waals surface area (Å²) in [5.74, 6) is -0.821. The van der Waals surface area contributed by atoms with Gasteiger partial charge in [0, 0.05) is 6.08 Å². The summed E-state index contributed by atoms with van der Waals surface area (Å²) >= 11 is 0. The lowest BCUT2D eigenvalue weighted by atomic mass is 9.84. The van der Waals surface area contributed by atoms with Crippen molar-refractivity contribution in [2.24, 2.45) is 5.92 Å². The third-order valence-electron chi connectivity index (χ3n) is 8.94. The summed E-state index contributed by atoms with van der Waals surface area (Å²) < 4.78 is 57.0. The number of carbonyl (C=O) groups is 2. The first-order valence-corrected chi connectivity index (χ1v) is 18.2. The Morgan fingerprint density at radius 3 is 2.17 bits per heavy atom. The fourth-order valence-electron chi connectivity index (χ4n) is 6.08. The number of unbranched alkanes of at least 4 members (excludes halogenated alkanes) is 12. The van der Waals surface area contributed by atoms with E-state index >= 15 is 0 Å². The number of benzene rings is 2. The summed E-state index contributed by atoms with van der Waals surface area (Å²) in [5.41, 5.74) is 2.58. The molecule has 266 valence electrons. The molecule has 0 aromatic heterocycles. The Bertz CT molecular complexity index is 1270. The van der Waals surface area contributed by atoms with Crippen LogP contribution in [0.25, 0.3) is 6.08 Å². The first-order chi connectivity index (χ1) is 23.2. The van der Waals surface area contributed by atoms with Gasteiger partial charge in [0.15, 0.2) is 6.10 Å². The Hall–Kier alpha value is -3.29. The van der Waals surface area contributed by atoms with Crippen molar-refractivity contribution in [3.05, 3.63) is 65.2 Å². The van der Waals surface area contributed by atoms with Crippen LogP contribution in [-0.4, -0.2) is 30.8 Å². The Morgan fingerprint density at radius 2 is 1.48 bits per heavy atom. The summed E-state index contributed by atoms with van der Waals surface area (Å²) in [6.45, 7) is 4.90. The van der Waals surface area contributed by atoms with Crippen molar-refractivity contribution in [2.45, 2.75) is 142 Å². The molecule has 48 heavy (non-hydrogen) atoms. The molecule has 2 aromatic rings.